The van der Waals surface area contributed by atoms with Gasteiger partial charge in [0, 0.05) is 5.56 Å². The summed E-state index contributed by atoms with van der Waals surface area (Å²) in [5, 5.41) is 22.0. The summed E-state index contributed by atoms with van der Waals surface area (Å²) in [6.45, 7) is 1.52. The van der Waals surface area contributed by atoms with Crippen molar-refractivity contribution >= 4 is 5.97 Å². The lowest BCUT2D eigenvalue weighted by atomic mass is 10.1. The fourth-order valence-electron chi connectivity index (χ4n) is 1.80. The molecule has 0 amide bonds. The van der Waals surface area contributed by atoms with Crippen molar-refractivity contribution in [3.05, 3.63) is 41.3 Å². The Morgan fingerprint density at radius 3 is 2.74 bits per heavy atom. The molecule has 2 rings (SSSR count). The van der Waals surface area contributed by atoms with Gasteiger partial charge in [0.15, 0.2) is 0 Å². The van der Waals surface area contributed by atoms with Crippen LogP contribution in [-0.4, -0.2) is 32.6 Å². The highest BCUT2D eigenvalue weighted by molar-refractivity contribution is 5.87. The van der Waals surface area contributed by atoms with E-state index in [4.69, 9.17) is 10.2 Å². The van der Waals surface area contributed by atoms with Gasteiger partial charge in [0.1, 0.15) is 11.5 Å². The number of aliphatic hydroxyl groups excluding tert-OH is 1. The summed E-state index contributed by atoms with van der Waals surface area (Å²) in [5.41, 5.74) is 1.53. The van der Waals surface area contributed by atoms with Crippen molar-refractivity contribution in [1.82, 2.24) is 9.78 Å². The normalized spacial score (nSPS) is 10.7. The first-order valence-corrected chi connectivity index (χ1v) is 5.71. The van der Waals surface area contributed by atoms with Gasteiger partial charge in [-0.25, -0.2) is 9.18 Å². The summed E-state index contributed by atoms with van der Waals surface area (Å²) in [6, 6.07) is 5.87. The van der Waals surface area contributed by atoms with E-state index < -0.39 is 5.97 Å². The van der Waals surface area contributed by atoms with Crippen molar-refractivity contribution in [1.29, 1.82) is 0 Å². The van der Waals surface area contributed by atoms with E-state index in [0.717, 1.165) is 0 Å². The van der Waals surface area contributed by atoms with Gasteiger partial charge in [-0.3, -0.25) is 4.68 Å². The van der Waals surface area contributed by atoms with Gasteiger partial charge in [-0.2, -0.15) is 5.10 Å². The van der Waals surface area contributed by atoms with E-state index in [1.54, 1.807) is 19.1 Å². The molecule has 19 heavy (non-hydrogen) atoms. The molecule has 100 valence electrons. The Hall–Kier alpha value is -2.21. The van der Waals surface area contributed by atoms with E-state index in [0.29, 0.717) is 16.8 Å². The molecule has 0 atom stereocenters. The van der Waals surface area contributed by atoms with Crippen LogP contribution in [0.4, 0.5) is 4.39 Å². The van der Waals surface area contributed by atoms with E-state index in [-0.39, 0.29) is 24.7 Å². The Morgan fingerprint density at radius 2 is 2.16 bits per heavy atom. The molecule has 1 aromatic carbocycles. The molecule has 0 fully saturated rings. The van der Waals surface area contributed by atoms with Crippen LogP contribution < -0.4 is 0 Å². The van der Waals surface area contributed by atoms with Crippen molar-refractivity contribution in [3.63, 3.8) is 0 Å². The first kappa shape index (κ1) is 13.2. The van der Waals surface area contributed by atoms with Crippen LogP contribution in [0.2, 0.25) is 0 Å². The lowest BCUT2D eigenvalue weighted by molar-refractivity contribution is 0.0681. The molecule has 0 aliphatic carbocycles. The number of hydrogen-bond acceptors (Lipinski definition) is 3. The lowest BCUT2D eigenvalue weighted by Gasteiger charge is -2.01. The number of aliphatic hydroxyl groups is 1. The number of halogens is 1. The van der Waals surface area contributed by atoms with E-state index in [1.807, 2.05) is 0 Å². The van der Waals surface area contributed by atoms with Crippen molar-refractivity contribution < 1.29 is 19.4 Å². The van der Waals surface area contributed by atoms with Crippen molar-refractivity contribution in [2.24, 2.45) is 0 Å². The monoisotopic (exact) mass is 264 g/mol. The number of carboxylic acids is 1. The maximum absolute atomic E-state index is 13.2. The van der Waals surface area contributed by atoms with Crippen molar-refractivity contribution in [2.75, 3.05) is 6.61 Å². The first-order chi connectivity index (χ1) is 9.02. The van der Waals surface area contributed by atoms with Gasteiger partial charge in [-0.05, 0) is 36.8 Å². The van der Waals surface area contributed by atoms with Crippen LogP contribution in [0.1, 0.15) is 16.1 Å². The minimum atomic E-state index is -1.12. The zero-order valence-corrected chi connectivity index (χ0v) is 10.3. The van der Waals surface area contributed by atoms with Crippen LogP contribution >= 0.6 is 0 Å². The lowest BCUT2D eigenvalue weighted by Crippen LogP contribution is -2.12. The topological polar surface area (TPSA) is 75.3 Å². The number of carboxylic acid groups (broad SMARTS) is 1. The number of aromatic carboxylic acids is 1. The molecule has 1 aromatic heterocycles. The van der Waals surface area contributed by atoms with Gasteiger partial charge in [-0.15, -0.1) is 0 Å². The van der Waals surface area contributed by atoms with Crippen LogP contribution in [0.5, 0.6) is 0 Å². The third-order valence-electron chi connectivity index (χ3n) is 2.76. The zero-order valence-electron chi connectivity index (χ0n) is 10.3. The second-order valence-electron chi connectivity index (χ2n) is 4.13. The molecular formula is C13H13FN2O3. The van der Waals surface area contributed by atoms with E-state index in [1.165, 1.54) is 16.8 Å². The molecule has 6 heteroatoms. The van der Waals surface area contributed by atoms with Gasteiger partial charge in [0.05, 0.1) is 18.8 Å². The third-order valence-corrected chi connectivity index (χ3v) is 2.76. The number of nitrogens with zero attached hydrogens (tertiary/aromatic N) is 2. The van der Waals surface area contributed by atoms with Gasteiger partial charge in [-0.1, -0.05) is 0 Å². The molecule has 0 aliphatic rings. The predicted octanol–water partition coefficient (Wildman–Crippen LogP) is 1.69. The number of rotatable bonds is 4. The standard InChI is InChI=1S/C13H13FN2O3/c1-8-6-9(2-3-10(8)14)11-7-12(13(18)19)16(15-11)4-5-17/h2-3,6-7,17H,4-5H2,1H3,(H,18,19). The van der Waals surface area contributed by atoms with Crippen LogP contribution in [0, 0.1) is 12.7 Å². The van der Waals surface area contributed by atoms with E-state index in [2.05, 4.69) is 5.10 Å². The number of hydrogen-bond donors (Lipinski definition) is 2. The Labute approximate surface area is 108 Å². The molecule has 2 N–H and O–H groups in total. The average Bonchev–Trinajstić information content (AvgIpc) is 2.77. The van der Waals surface area contributed by atoms with Gasteiger partial charge < -0.3 is 10.2 Å². The smallest absolute Gasteiger partial charge is 0.354 e. The molecule has 0 radical (unpaired) electrons. The quantitative estimate of drug-likeness (QED) is 0.881. The van der Waals surface area contributed by atoms with E-state index in [9.17, 15) is 9.18 Å². The average molecular weight is 264 g/mol. The second-order valence-corrected chi connectivity index (χ2v) is 4.13. The Balaban J connectivity index is 2.47. The summed E-state index contributed by atoms with van der Waals surface area (Å²) in [5.74, 6) is -1.44. The van der Waals surface area contributed by atoms with Gasteiger partial charge in [0.25, 0.3) is 0 Å². The Kier molecular flexibility index (Phi) is 3.62. The first-order valence-electron chi connectivity index (χ1n) is 5.71. The molecule has 0 saturated heterocycles. The summed E-state index contributed by atoms with van der Waals surface area (Å²) in [6.07, 6.45) is 0. The zero-order chi connectivity index (χ0) is 14.0. The van der Waals surface area contributed by atoms with Gasteiger partial charge >= 0.3 is 5.97 Å². The number of carbonyl (C=O) groups is 1. The molecule has 0 saturated carbocycles. The minimum absolute atomic E-state index is 0.00831. The molecule has 0 unspecified atom stereocenters. The summed E-state index contributed by atoms with van der Waals surface area (Å²) in [7, 11) is 0. The Bertz CT molecular complexity index is 622. The highest BCUT2D eigenvalue weighted by Gasteiger charge is 2.15. The fraction of sp³-hybridized carbons (Fsp3) is 0.231. The molecule has 0 bridgehead atoms. The van der Waals surface area contributed by atoms with Crippen LogP contribution in [0.3, 0.4) is 0 Å². The van der Waals surface area contributed by atoms with Gasteiger partial charge in [0.2, 0.25) is 0 Å². The summed E-state index contributed by atoms with van der Waals surface area (Å²) >= 11 is 0. The number of aromatic nitrogens is 2. The van der Waals surface area contributed by atoms with E-state index >= 15 is 0 Å². The van der Waals surface area contributed by atoms with Crippen LogP contribution in [-0.2, 0) is 6.54 Å². The summed E-state index contributed by atoms with van der Waals surface area (Å²) in [4.78, 5) is 11.1. The molecule has 5 nitrogen and oxygen atoms in total. The molecular weight excluding hydrogens is 251 g/mol. The number of benzene rings is 1. The minimum Gasteiger partial charge on any atom is -0.477 e. The SMILES string of the molecule is Cc1cc(-c2cc(C(=O)O)n(CCO)n2)ccc1F. The molecule has 2 aromatic rings. The van der Waals surface area contributed by atoms with Crippen molar-refractivity contribution in [2.45, 2.75) is 13.5 Å². The maximum atomic E-state index is 13.2. The van der Waals surface area contributed by atoms with Crippen molar-refractivity contribution in [3.8, 4) is 11.3 Å². The highest BCUT2D eigenvalue weighted by atomic mass is 19.1. The highest BCUT2D eigenvalue weighted by Crippen LogP contribution is 2.21. The van der Waals surface area contributed by atoms with Crippen LogP contribution in [0.25, 0.3) is 11.3 Å². The summed E-state index contributed by atoms with van der Waals surface area (Å²) < 4.78 is 14.4. The second kappa shape index (κ2) is 5.19. The fourth-order valence-corrected chi connectivity index (χ4v) is 1.80. The largest absolute Gasteiger partial charge is 0.477 e. The third kappa shape index (κ3) is 2.63. The predicted molar refractivity (Wildman–Crippen MR) is 66.4 cm³/mol. The Morgan fingerprint density at radius 1 is 1.42 bits per heavy atom. The molecule has 0 spiro atoms. The van der Waals surface area contributed by atoms with Crippen LogP contribution in [0.15, 0.2) is 24.3 Å². The molecule has 0 aliphatic heterocycles. The maximum Gasteiger partial charge on any atom is 0.354 e. The number of aryl methyl sites for hydroxylation is 1. The molecule has 1 heterocycles.